The van der Waals surface area contributed by atoms with Crippen LogP contribution in [0.15, 0.2) is 85.1 Å². The van der Waals surface area contributed by atoms with E-state index in [9.17, 15) is 19.4 Å². The molecule has 1 amide bonds. The Hall–Kier alpha value is -2.32. The van der Waals surface area contributed by atoms with Crippen LogP contribution in [0.1, 0.15) is 187 Å². The van der Waals surface area contributed by atoms with E-state index >= 15 is 0 Å². The Bertz CT molecular complexity index is 1180. The van der Waals surface area contributed by atoms with E-state index in [0.29, 0.717) is 6.42 Å². The maximum absolute atomic E-state index is 12.8. The molecule has 334 valence electrons. The zero-order chi connectivity index (χ0) is 42.5. The van der Waals surface area contributed by atoms with Gasteiger partial charge in [0.1, 0.15) is 0 Å². The fraction of sp³-hybridized carbons (Fsp3) is 0.694. The molecule has 0 saturated carbocycles. The quantitative estimate of drug-likeness (QED) is 0.0274. The number of nitrogens with two attached hydrogens (primary N) is 1. The molecule has 0 aromatic heterocycles. The van der Waals surface area contributed by atoms with Gasteiger partial charge in [-0.05, 0) is 83.5 Å². The van der Waals surface area contributed by atoms with E-state index in [1.807, 2.05) is 6.08 Å². The van der Waals surface area contributed by atoms with Crippen LogP contribution in [0.3, 0.4) is 0 Å². The first-order valence-corrected chi connectivity index (χ1v) is 24.7. The lowest BCUT2D eigenvalue weighted by Gasteiger charge is -2.23. The lowest BCUT2D eigenvalue weighted by Crippen LogP contribution is -2.45. The fourth-order valence-electron chi connectivity index (χ4n) is 6.21. The first kappa shape index (κ1) is 55.7. The molecule has 0 aromatic rings. The van der Waals surface area contributed by atoms with Crippen LogP contribution in [-0.4, -0.2) is 47.8 Å². The molecule has 0 aliphatic carbocycles. The van der Waals surface area contributed by atoms with Crippen LogP contribution in [-0.2, 0) is 18.4 Å². The third-order valence-corrected chi connectivity index (χ3v) is 10.7. The zero-order valence-corrected chi connectivity index (χ0v) is 37.9. The van der Waals surface area contributed by atoms with E-state index in [1.165, 1.54) is 89.9 Å². The van der Waals surface area contributed by atoms with Crippen molar-refractivity contribution in [2.24, 2.45) is 5.73 Å². The summed E-state index contributed by atoms with van der Waals surface area (Å²) in [5.41, 5.74) is 5.38. The van der Waals surface area contributed by atoms with Gasteiger partial charge in [-0.25, -0.2) is 4.57 Å². The molecule has 0 saturated heterocycles. The lowest BCUT2D eigenvalue weighted by atomic mass is 10.0. The van der Waals surface area contributed by atoms with Crippen molar-refractivity contribution in [1.82, 2.24) is 5.32 Å². The third kappa shape index (κ3) is 41.8. The minimum atomic E-state index is -4.36. The highest BCUT2D eigenvalue weighted by molar-refractivity contribution is 7.47. The van der Waals surface area contributed by atoms with Gasteiger partial charge in [0.2, 0.25) is 5.91 Å². The van der Waals surface area contributed by atoms with E-state index in [2.05, 4.69) is 92.1 Å². The predicted octanol–water partition coefficient (Wildman–Crippen LogP) is 13.4. The Morgan fingerprint density at radius 2 is 1.02 bits per heavy atom. The number of rotatable bonds is 42. The van der Waals surface area contributed by atoms with Gasteiger partial charge in [-0.15, -0.1) is 0 Å². The van der Waals surface area contributed by atoms with Crippen molar-refractivity contribution < 1.29 is 28.4 Å². The smallest absolute Gasteiger partial charge is 0.387 e. The lowest BCUT2D eigenvalue weighted by molar-refractivity contribution is -0.123. The molecule has 0 fully saturated rings. The topological polar surface area (TPSA) is 131 Å². The van der Waals surface area contributed by atoms with Gasteiger partial charge in [0, 0.05) is 13.0 Å². The summed E-state index contributed by atoms with van der Waals surface area (Å²) in [4.78, 5) is 22.7. The summed E-state index contributed by atoms with van der Waals surface area (Å²) < 4.78 is 22.1. The SMILES string of the molecule is CC/C=C\C/C=C\C/C=C\C/C=C\CCCCCCCCCCCCC(=O)NC(COP(=O)(O)OCCN)C(O)/C=C/CC/C=C/CC/C=C/CCCCCCCC. The summed E-state index contributed by atoms with van der Waals surface area (Å²) in [6.07, 6.45) is 59.2. The minimum absolute atomic E-state index is 0.0671. The number of carbonyl (C=O) groups is 1. The van der Waals surface area contributed by atoms with E-state index in [-0.39, 0.29) is 25.7 Å². The number of allylic oxidation sites excluding steroid dienone is 13. The van der Waals surface area contributed by atoms with E-state index in [0.717, 1.165) is 77.0 Å². The summed E-state index contributed by atoms with van der Waals surface area (Å²) in [5.74, 6) is -0.217. The Labute approximate surface area is 356 Å². The highest BCUT2D eigenvalue weighted by Crippen LogP contribution is 2.43. The molecular weight excluding hydrogens is 744 g/mol. The van der Waals surface area contributed by atoms with Gasteiger partial charge < -0.3 is 21.1 Å². The van der Waals surface area contributed by atoms with Crippen LogP contribution < -0.4 is 11.1 Å². The summed E-state index contributed by atoms with van der Waals surface area (Å²) in [6, 6.07) is -0.890. The van der Waals surface area contributed by atoms with Crippen LogP contribution in [0, 0.1) is 0 Å². The monoisotopic (exact) mass is 831 g/mol. The number of hydrogen-bond acceptors (Lipinski definition) is 6. The average molecular weight is 831 g/mol. The molecule has 0 rings (SSSR count). The van der Waals surface area contributed by atoms with Gasteiger partial charge in [0.05, 0.1) is 25.4 Å². The molecule has 0 aliphatic heterocycles. The number of phosphoric ester groups is 1. The first-order chi connectivity index (χ1) is 28.4. The van der Waals surface area contributed by atoms with Gasteiger partial charge >= 0.3 is 7.82 Å². The molecule has 5 N–H and O–H groups in total. The molecule has 0 radical (unpaired) electrons. The highest BCUT2D eigenvalue weighted by Gasteiger charge is 2.26. The first-order valence-electron chi connectivity index (χ1n) is 23.2. The van der Waals surface area contributed by atoms with Crippen LogP contribution >= 0.6 is 7.82 Å². The summed E-state index contributed by atoms with van der Waals surface area (Å²) in [7, 11) is -4.36. The van der Waals surface area contributed by atoms with Gasteiger partial charge in [0.15, 0.2) is 0 Å². The van der Waals surface area contributed by atoms with Crippen molar-refractivity contribution >= 4 is 13.7 Å². The highest BCUT2D eigenvalue weighted by atomic mass is 31.2. The Morgan fingerprint density at radius 3 is 1.53 bits per heavy atom. The molecule has 0 bridgehead atoms. The summed E-state index contributed by atoms with van der Waals surface area (Å²) in [5, 5.41) is 13.7. The number of aliphatic hydroxyl groups excluding tert-OH is 1. The van der Waals surface area contributed by atoms with E-state index in [1.54, 1.807) is 6.08 Å². The van der Waals surface area contributed by atoms with Gasteiger partial charge in [0.25, 0.3) is 0 Å². The molecule has 9 heteroatoms. The van der Waals surface area contributed by atoms with E-state index < -0.39 is 20.0 Å². The normalized spacial score (nSPS) is 14.8. The second kappa shape index (κ2) is 44.2. The predicted molar refractivity (Wildman–Crippen MR) is 249 cm³/mol. The second-order valence-electron chi connectivity index (χ2n) is 15.2. The number of unbranched alkanes of at least 4 members (excludes halogenated alkanes) is 18. The van der Waals surface area contributed by atoms with Gasteiger partial charge in [-0.2, -0.15) is 0 Å². The molecular formula is C49H87N2O6P. The van der Waals surface area contributed by atoms with Crippen molar-refractivity contribution in [1.29, 1.82) is 0 Å². The molecule has 3 unspecified atom stereocenters. The summed E-state index contributed by atoms with van der Waals surface area (Å²) in [6.45, 7) is 3.97. The van der Waals surface area contributed by atoms with E-state index in [4.69, 9.17) is 14.8 Å². The van der Waals surface area contributed by atoms with Gasteiger partial charge in [-0.3, -0.25) is 13.8 Å². The number of phosphoric acid groups is 1. The molecule has 0 aliphatic rings. The van der Waals surface area contributed by atoms with Crippen molar-refractivity contribution in [3.63, 3.8) is 0 Å². The number of nitrogens with one attached hydrogen (secondary N) is 1. The second-order valence-corrected chi connectivity index (χ2v) is 16.7. The fourth-order valence-corrected chi connectivity index (χ4v) is 6.97. The average Bonchev–Trinajstić information content (AvgIpc) is 3.21. The Kier molecular flexibility index (Phi) is 42.5. The van der Waals surface area contributed by atoms with Gasteiger partial charge in [-0.1, -0.05) is 182 Å². The molecule has 0 heterocycles. The Morgan fingerprint density at radius 1 is 0.586 bits per heavy atom. The molecule has 58 heavy (non-hydrogen) atoms. The minimum Gasteiger partial charge on any atom is -0.387 e. The number of amides is 1. The van der Waals surface area contributed by atoms with Crippen molar-refractivity contribution in [2.75, 3.05) is 19.8 Å². The Balaban J connectivity index is 4.22. The molecule has 3 atom stereocenters. The van der Waals surface area contributed by atoms with Crippen LogP contribution in [0.25, 0.3) is 0 Å². The largest absolute Gasteiger partial charge is 0.472 e. The van der Waals surface area contributed by atoms with Crippen LogP contribution in [0.2, 0.25) is 0 Å². The van der Waals surface area contributed by atoms with Crippen molar-refractivity contribution in [3.8, 4) is 0 Å². The number of hydrogen-bond donors (Lipinski definition) is 4. The van der Waals surface area contributed by atoms with Crippen LogP contribution in [0.5, 0.6) is 0 Å². The number of aliphatic hydroxyl groups is 1. The third-order valence-electron chi connectivity index (χ3n) is 9.68. The maximum Gasteiger partial charge on any atom is 0.472 e. The van der Waals surface area contributed by atoms with Crippen LogP contribution in [0.4, 0.5) is 0 Å². The van der Waals surface area contributed by atoms with Crippen molar-refractivity contribution in [2.45, 2.75) is 199 Å². The maximum atomic E-state index is 12.8. The zero-order valence-electron chi connectivity index (χ0n) is 37.0. The standard InChI is InChI=1S/C49H87N2O6P/c1-3-5-7-9-11-13-15-17-19-21-22-23-24-25-26-27-29-31-33-35-37-39-41-43-49(53)51-47(46-57-58(54,55)56-45-44-50)48(52)42-40-38-36-34-32-30-28-20-18-16-14-12-10-8-6-4-2/h5,7,11,13,17-20,22-23,32,34,40,42,47-48,52H,3-4,6,8-10,12,14-16,21,24-31,33,35-39,41,43-46,50H2,1-2H3,(H,51,53)(H,54,55)/b7-5-,13-11-,19-17-,20-18+,23-22-,34-32+,42-40+. The summed E-state index contributed by atoms with van der Waals surface area (Å²) >= 11 is 0. The van der Waals surface area contributed by atoms with Crippen molar-refractivity contribution in [3.05, 3.63) is 85.1 Å². The molecule has 0 spiro atoms. The molecule has 8 nitrogen and oxygen atoms in total. The molecule has 0 aromatic carbocycles. The number of carbonyl (C=O) groups excluding carboxylic acids is 1.